The molecular weight excluding hydrogens is 406 g/mol. The standard InChI is InChI=1S/C22H24ClN3O2S/c1-14-4-5-15(2)21(16(14)3)28-13-20(27)25-8-10-26(11-9-25)22-24-18-7-6-17(23)12-19(18)29-22/h4-7,12H,8-11,13H2,1-3H3. The summed E-state index contributed by atoms with van der Waals surface area (Å²) in [6.45, 7) is 9.05. The third kappa shape index (κ3) is 4.19. The predicted octanol–water partition coefficient (Wildman–Crippen LogP) is 4.60. The van der Waals surface area contributed by atoms with Gasteiger partial charge in [0.1, 0.15) is 5.75 Å². The summed E-state index contributed by atoms with van der Waals surface area (Å²) < 4.78 is 6.98. The van der Waals surface area contributed by atoms with Crippen LogP contribution < -0.4 is 9.64 Å². The van der Waals surface area contributed by atoms with Crippen molar-refractivity contribution in [2.24, 2.45) is 0 Å². The Labute approximate surface area is 179 Å². The highest BCUT2D eigenvalue weighted by Crippen LogP contribution is 2.31. The third-order valence-corrected chi connectivity index (χ3v) is 6.77. The van der Waals surface area contributed by atoms with Crippen LogP contribution in [0.5, 0.6) is 5.75 Å². The summed E-state index contributed by atoms with van der Waals surface area (Å²) in [5.41, 5.74) is 4.29. The van der Waals surface area contributed by atoms with E-state index in [1.54, 1.807) is 11.3 Å². The van der Waals surface area contributed by atoms with E-state index in [1.165, 1.54) is 5.56 Å². The zero-order chi connectivity index (χ0) is 20.5. The molecule has 3 aromatic rings. The number of aromatic nitrogens is 1. The topological polar surface area (TPSA) is 45.7 Å². The Kier molecular flexibility index (Phi) is 5.65. The Morgan fingerprint density at radius 1 is 1.10 bits per heavy atom. The fourth-order valence-corrected chi connectivity index (χ4v) is 4.83. The molecule has 1 aliphatic rings. The summed E-state index contributed by atoms with van der Waals surface area (Å²) in [6, 6.07) is 9.87. The van der Waals surface area contributed by atoms with Gasteiger partial charge in [0.2, 0.25) is 0 Å². The molecule has 7 heteroatoms. The van der Waals surface area contributed by atoms with E-state index in [0.717, 1.165) is 50.3 Å². The van der Waals surface area contributed by atoms with Crippen molar-refractivity contribution in [3.8, 4) is 5.75 Å². The Bertz CT molecular complexity index is 1060. The van der Waals surface area contributed by atoms with Gasteiger partial charge in [-0.1, -0.05) is 35.1 Å². The molecule has 0 N–H and O–H groups in total. The number of hydrogen-bond acceptors (Lipinski definition) is 5. The van der Waals surface area contributed by atoms with Crippen molar-refractivity contribution in [2.75, 3.05) is 37.7 Å². The molecular formula is C22H24ClN3O2S. The first-order valence-electron chi connectivity index (χ1n) is 9.71. The summed E-state index contributed by atoms with van der Waals surface area (Å²) in [5, 5.41) is 1.71. The van der Waals surface area contributed by atoms with Gasteiger partial charge in [-0.2, -0.15) is 0 Å². The molecule has 1 aliphatic heterocycles. The number of carbonyl (C=O) groups is 1. The maximum atomic E-state index is 12.7. The van der Waals surface area contributed by atoms with Gasteiger partial charge in [0.15, 0.2) is 11.7 Å². The number of anilines is 1. The molecule has 5 nitrogen and oxygen atoms in total. The van der Waals surface area contributed by atoms with E-state index >= 15 is 0 Å². The van der Waals surface area contributed by atoms with E-state index in [0.29, 0.717) is 13.1 Å². The second-order valence-electron chi connectivity index (χ2n) is 7.42. The number of ether oxygens (including phenoxy) is 1. The lowest BCUT2D eigenvalue weighted by Gasteiger charge is -2.34. The third-order valence-electron chi connectivity index (χ3n) is 5.46. The number of thiazole rings is 1. The van der Waals surface area contributed by atoms with Crippen molar-refractivity contribution >= 4 is 44.2 Å². The van der Waals surface area contributed by atoms with Crippen molar-refractivity contribution in [3.05, 3.63) is 52.0 Å². The second kappa shape index (κ2) is 8.20. The number of nitrogens with zero attached hydrogens (tertiary/aromatic N) is 3. The van der Waals surface area contributed by atoms with Gasteiger partial charge in [-0.05, 0) is 55.7 Å². The number of fused-ring (bicyclic) bond motifs is 1. The summed E-state index contributed by atoms with van der Waals surface area (Å²) in [7, 11) is 0. The molecule has 0 bridgehead atoms. The first kappa shape index (κ1) is 20.0. The predicted molar refractivity (Wildman–Crippen MR) is 120 cm³/mol. The van der Waals surface area contributed by atoms with Crippen molar-refractivity contribution in [3.63, 3.8) is 0 Å². The molecule has 0 spiro atoms. The molecule has 0 unspecified atom stereocenters. The average molecular weight is 430 g/mol. The van der Waals surface area contributed by atoms with Gasteiger partial charge in [0, 0.05) is 31.2 Å². The van der Waals surface area contributed by atoms with Gasteiger partial charge in [-0.15, -0.1) is 0 Å². The average Bonchev–Trinajstić information content (AvgIpc) is 3.14. The molecule has 1 amide bonds. The van der Waals surface area contributed by atoms with Crippen LogP contribution in [0.1, 0.15) is 16.7 Å². The lowest BCUT2D eigenvalue weighted by atomic mass is 10.1. The van der Waals surface area contributed by atoms with Gasteiger partial charge in [0.25, 0.3) is 5.91 Å². The normalized spacial score (nSPS) is 14.5. The fraction of sp³-hybridized carbons (Fsp3) is 0.364. The van der Waals surface area contributed by atoms with Crippen molar-refractivity contribution in [1.82, 2.24) is 9.88 Å². The first-order valence-corrected chi connectivity index (χ1v) is 10.9. The van der Waals surface area contributed by atoms with E-state index in [-0.39, 0.29) is 12.5 Å². The lowest BCUT2D eigenvalue weighted by molar-refractivity contribution is -0.133. The van der Waals surface area contributed by atoms with E-state index in [2.05, 4.69) is 17.9 Å². The minimum atomic E-state index is 0.0287. The maximum absolute atomic E-state index is 12.7. The molecule has 0 aliphatic carbocycles. The van der Waals surface area contributed by atoms with Gasteiger partial charge < -0.3 is 14.5 Å². The largest absolute Gasteiger partial charge is 0.483 e. The summed E-state index contributed by atoms with van der Waals surface area (Å²) >= 11 is 7.72. The Hall–Kier alpha value is -2.31. The number of halogens is 1. The number of hydrogen-bond donors (Lipinski definition) is 0. The van der Waals surface area contributed by atoms with Crippen LogP contribution in [0.15, 0.2) is 30.3 Å². The van der Waals surface area contributed by atoms with Crippen molar-refractivity contribution < 1.29 is 9.53 Å². The molecule has 1 aromatic heterocycles. The summed E-state index contributed by atoms with van der Waals surface area (Å²) in [4.78, 5) is 21.5. The van der Waals surface area contributed by atoms with Gasteiger partial charge in [0.05, 0.1) is 10.2 Å². The highest BCUT2D eigenvalue weighted by atomic mass is 35.5. The Balaban J connectivity index is 1.35. The highest BCUT2D eigenvalue weighted by Gasteiger charge is 2.23. The minimum Gasteiger partial charge on any atom is -0.483 e. The molecule has 0 radical (unpaired) electrons. The summed E-state index contributed by atoms with van der Waals surface area (Å²) in [5.74, 6) is 0.853. The molecule has 29 heavy (non-hydrogen) atoms. The number of carbonyl (C=O) groups excluding carboxylic acids is 1. The minimum absolute atomic E-state index is 0.0287. The first-order chi connectivity index (χ1) is 13.9. The number of rotatable bonds is 4. The van der Waals surface area contributed by atoms with E-state index in [9.17, 15) is 4.79 Å². The molecule has 152 valence electrons. The zero-order valence-electron chi connectivity index (χ0n) is 16.9. The van der Waals surface area contributed by atoms with Crippen LogP contribution >= 0.6 is 22.9 Å². The van der Waals surface area contributed by atoms with Crippen LogP contribution in [0, 0.1) is 20.8 Å². The molecule has 1 fully saturated rings. The SMILES string of the molecule is Cc1ccc(C)c(OCC(=O)N2CCN(c3nc4ccc(Cl)cc4s3)CC2)c1C. The second-order valence-corrected chi connectivity index (χ2v) is 8.86. The molecule has 0 atom stereocenters. The van der Waals surface area contributed by atoms with Crippen LogP contribution in [0.3, 0.4) is 0 Å². The van der Waals surface area contributed by atoms with Crippen LogP contribution in [0.4, 0.5) is 5.13 Å². The molecule has 4 rings (SSSR count). The zero-order valence-corrected chi connectivity index (χ0v) is 18.4. The number of aryl methyl sites for hydroxylation is 2. The Morgan fingerprint density at radius 3 is 2.59 bits per heavy atom. The number of amides is 1. The van der Waals surface area contributed by atoms with E-state index < -0.39 is 0 Å². The Morgan fingerprint density at radius 2 is 1.83 bits per heavy atom. The van der Waals surface area contributed by atoms with Crippen LogP contribution in [0.25, 0.3) is 10.2 Å². The highest BCUT2D eigenvalue weighted by molar-refractivity contribution is 7.22. The maximum Gasteiger partial charge on any atom is 0.260 e. The smallest absolute Gasteiger partial charge is 0.260 e. The molecule has 0 saturated carbocycles. The van der Waals surface area contributed by atoms with E-state index in [1.807, 2.05) is 43.0 Å². The number of benzene rings is 2. The van der Waals surface area contributed by atoms with Crippen LogP contribution in [0.2, 0.25) is 5.02 Å². The number of piperazine rings is 1. The molecule has 2 aromatic carbocycles. The monoisotopic (exact) mass is 429 g/mol. The quantitative estimate of drug-likeness (QED) is 0.607. The van der Waals surface area contributed by atoms with Gasteiger partial charge in [-0.25, -0.2) is 4.98 Å². The van der Waals surface area contributed by atoms with Crippen molar-refractivity contribution in [1.29, 1.82) is 0 Å². The van der Waals surface area contributed by atoms with Gasteiger partial charge >= 0.3 is 0 Å². The van der Waals surface area contributed by atoms with Crippen molar-refractivity contribution in [2.45, 2.75) is 20.8 Å². The van der Waals surface area contributed by atoms with Gasteiger partial charge in [-0.3, -0.25) is 4.79 Å². The summed E-state index contributed by atoms with van der Waals surface area (Å²) in [6.07, 6.45) is 0. The van der Waals surface area contributed by atoms with Crippen LogP contribution in [-0.2, 0) is 4.79 Å². The molecule has 1 saturated heterocycles. The molecule has 2 heterocycles. The lowest BCUT2D eigenvalue weighted by Crippen LogP contribution is -2.50. The fourth-order valence-electron chi connectivity index (χ4n) is 3.54. The van der Waals surface area contributed by atoms with Crippen LogP contribution in [-0.4, -0.2) is 48.6 Å². The van der Waals surface area contributed by atoms with E-state index in [4.69, 9.17) is 21.3 Å².